The molecule has 0 spiro atoms. The Morgan fingerprint density at radius 2 is 1.90 bits per heavy atom. The van der Waals surface area contributed by atoms with Crippen LogP contribution in [0.15, 0.2) is 23.6 Å². The van der Waals surface area contributed by atoms with Gasteiger partial charge in [-0.3, -0.25) is 14.9 Å². The highest BCUT2D eigenvalue weighted by atomic mass is 16.6. The second-order valence-corrected chi connectivity index (χ2v) is 4.87. The highest BCUT2D eigenvalue weighted by molar-refractivity contribution is 5.73. The van der Waals surface area contributed by atoms with Crippen molar-refractivity contribution in [3.63, 3.8) is 0 Å². The Hall–Kier alpha value is -1.85. The van der Waals surface area contributed by atoms with Crippen LogP contribution < -0.4 is 0 Å². The number of amides is 1. The van der Waals surface area contributed by atoms with Gasteiger partial charge in [0.1, 0.15) is 6.10 Å². The number of hydrogen-bond acceptors (Lipinski definition) is 4. The first-order chi connectivity index (χ1) is 10.1. The number of rotatable bonds is 3. The number of nitro groups is 1. The summed E-state index contributed by atoms with van der Waals surface area (Å²) in [6, 6.07) is 0. The van der Waals surface area contributed by atoms with Crippen molar-refractivity contribution in [2.45, 2.75) is 52.6 Å². The van der Waals surface area contributed by atoms with E-state index in [9.17, 15) is 14.9 Å². The van der Waals surface area contributed by atoms with Crippen LogP contribution in [0.25, 0.3) is 0 Å². The first kappa shape index (κ1) is 17.2. The van der Waals surface area contributed by atoms with Crippen molar-refractivity contribution in [2.75, 3.05) is 13.1 Å². The maximum absolute atomic E-state index is 11.2. The summed E-state index contributed by atoms with van der Waals surface area (Å²) < 4.78 is 5.84. The molecule has 2 aliphatic rings. The highest BCUT2D eigenvalue weighted by Crippen LogP contribution is 2.24. The average molecular weight is 296 g/mol. The number of carbonyl (C=O) groups excluding carboxylic acids is 1. The SMILES string of the molecule is CC.CC(=O)N1CCC(OC2=CC=C([N+](=O)[O-])CC2)CC1. The van der Waals surface area contributed by atoms with Gasteiger partial charge in [-0.2, -0.15) is 0 Å². The first-order valence-corrected chi connectivity index (χ1v) is 7.52. The number of carbonyl (C=O) groups is 1. The Kier molecular flexibility index (Phi) is 6.91. The molecule has 1 aliphatic heterocycles. The van der Waals surface area contributed by atoms with Gasteiger partial charge in [0.25, 0.3) is 0 Å². The first-order valence-electron chi connectivity index (χ1n) is 7.52. The third-order valence-corrected chi connectivity index (χ3v) is 3.53. The van der Waals surface area contributed by atoms with E-state index in [-0.39, 0.29) is 22.6 Å². The van der Waals surface area contributed by atoms with Crippen molar-refractivity contribution < 1.29 is 14.5 Å². The van der Waals surface area contributed by atoms with E-state index in [4.69, 9.17) is 4.74 Å². The van der Waals surface area contributed by atoms with Crippen molar-refractivity contribution in [2.24, 2.45) is 0 Å². The van der Waals surface area contributed by atoms with Crippen LogP contribution in [0.4, 0.5) is 0 Å². The van der Waals surface area contributed by atoms with E-state index in [0.29, 0.717) is 12.8 Å². The van der Waals surface area contributed by atoms with Crippen LogP contribution in [0, 0.1) is 10.1 Å². The van der Waals surface area contributed by atoms with Crippen LogP contribution in [0.5, 0.6) is 0 Å². The lowest BCUT2D eigenvalue weighted by Crippen LogP contribution is -2.39. The Morgan fingerprint density at radius 3 is 2.33 bits per heavy atom. The third kappa shape index (κ3) is 5.21. The zero-order valence-electron chi connectivity index (χ0n) is 13.0. The number of piperidine rings is 1. The normalized spacial score (nSPS) is 18.9. The van der Waals surface area contributed by atoms with E-state index in [1.54, 1.807) is 13.0 Å². The van der Waals surface area contributed by atoms with Crippen molar-refractivity contribution >= 4 is 5.91 Å². The molecule has 0 atom stereocenters. The van der Waals surface area contributed by atoms with Crippen molar-refractivity contribution in [1.29, 1.82) is 0 Å². The van der Waals surface area contributed by atoms with E-state index in [2.05, 4.69) is 0 Å². The third-order valence-electron chi connectivity index (χ3n) is 3.53. The summed E-state index contributed by atoms with van der Waals surface area (Å²) in [5.41, 5.74) is 0.235. The summed E-state index contributed by atoms with van der Waals surface area (Å²) in [5, 5.41) is 10.6. The molecule has 118 valence electrons. The Labute approximate surface area is 125 Å². The summed E-state index contributed by atoms with van der Waals surface area (Å²) in [6.45, 7) is 7.03. The lowest BCUT2D eigenvalue weighted by Gasteiger charge is -2.32. The molecule has 1 heterocycles. The zero-order valence-corrected chi connectivity index (χ0v) is 13.0. The number of hydrogen-bond donors (Lipinski definition) is 0. The largest absolute Gasteiger partial charge is 0.495 e. The second kappa shape index (κ2) is 8.44. The van der Waals surface area contributed by atoms with Crippen molar-refractivity contribution in [1.82, 2.24) is 4.90 Å². The van der Waals surface area contributed by atoms with Gasteiger partial charge >= 0.3 is 0 Å². The second-order valence-electron chi connectivity index (χ2n) is 4.87. The van der Waals surface area contributed by atoms with E-state index in [1.165, 1.54) is 6.08 Å². The minimum Gasteiger partial charge on any atom is -0.495 e. The summed E-state index contributed by atoms with van der Waals surface area (Å²) in [7, 11) is 0. The molecule has 0 N–H and O–H groups in total. The van der Waals surface area contributed by atoms with Gasteiger partial charge in [0.15, 0.2) is 0 Å². The highest BCUT2D eigenvalue weighted by Gasteiger charge is 2.24. The molecule has 6 nitrogen and oxygen atoms in total. The van der Waals surface area contributed by atoms with Crippen LogP contribution in [0.3, 0.4) is 0 Å². The predicted octanol–water partition coefficient (Wildman–Crippen LogP) is 2.88. The summed E-state index contributed by atoms with van der Waals surface area (Å²) in [5.74, 6) is 0.917. The fraction of sp³-hybridized carbons (Fsp3) is 0.667. The Balaban J connectivity index is 0.00000106. The van der Waals surface area contributed by atoms with Crippen molar-refractivity contribution in [3.05, 3.63) is 33.7 Å². The molecule has 1 fully saturated rings. The molecular weight excluding hydrogens is 272 g/mol. The maximum atomic E-state index is 11.2. The van der Waals surface area contributed by atoms with Gasteiger partial charge in [-0.25, -0.2) is 0 Å². The summed E-state index contributed by atoms with van der Waals surface area (Å²) in [6.07, 6.45) is 5.98. The molecule has 6 heteroatoms. The van der Waals surface area contributed by atoms with Crippen LogP contribution in [-0.2, 0) is 9.53 Å². The minimum absolute atomic E-state index is 0.105. The van der Waals surface area contributed by atoms with E-state index < -0.39 is 0 Å². The van der Waals surface area contributed by atoms with Gasteiger partial charge in [-0.15, -0.1) is 0 Å². The molecule has 0 saturated carbocycles. The Bertz CT molecular complexity index is 435. The van der Waals surface area contributed by atoms with E-state index >= 15 is 0 Å². The van der Waals surface area contributed by atoms with Gasteiger partial charge in [0.05, 0.1) is 10.7 Å². The monoisotopic (exact) mass is 296 g/mol. The lowest BCUT2D eigenvalue weighted by atomic mass is 10.1. The van der Waals surface area contributed by atoms with Crippen LogP contribution in [-0.4, -0.2) is 34.9 Å². The minimum atomic E-state index is -0.349. The molecule has 0 radical (unpaired) electrons. The molecular formula is C15H24N2O4. The Morgan fingerprint density at radius 1 is 1.29 bits per heavy atom. The maximum Gasteiger partial charge on any atom is 0.246 e. The fourth-order valence-corrected chi connectivity index (χ4v) is 2.36. The molecule has 1 aliphatic carbocycles. The topological polar surface area (TPSA) is 72.7 Å². The summed E-state index contributed by atoms with van der Waals surface area (Å²) >= 11 is 0. The average Bonchev–Trinajstić information content (AvgIpc) is 2.50. The molecule has 1 saturated heterocycles. The van der Waals surface area contributed by atoms with E-state index in [0.717, 1.165) is 31.7 Å². The molecule has 0 aromatic rings. The molecule has 0 aromatic heterocycles. The predicted molar refractivity (Wildman–Crippen MR) is 80.1 cm³/mol. The van der Waals surface area contributed by atoms with Gasteiger partial charge in [-0.05, 0) is 6.08 Å². The zero-order chi connectivity index (χ0) is 15.8. The van der Waals surface area contributed by atoms with Gasteiger partial charge in [0.2, 0.25) is 11.6 Å². The number of ether oxygens (including phenoxy) is 1. The molecule has 0 aromatic carbocycles. The summed E-state index contributed by atoms with van der Waals surface area (Å²) in [4.78, 5) is 23.2. The standard InChI is InChI=1S/C13H18N2O4.C2H6/c1-10(16)14-8-6-13(7-9-14)19-12-4-2-11(3-5-12)15(17)18;1-2/h2,4,13H,3,5-9H2,1H3;1-2H3. The number of nitrogens with zero attached hydrogens (tertiary/aromatic N) is 2. The van der Waals surface area contributed by atoms with Crippen LogP contribution in [0.1, 0.15) is 46.5 Å². The quantitative estimate of drug-likeness (QED) is 0.593. The van der Waals surface area contributed by atoms with Crippen LogP contribution >= 0.6 is 0 Å². The fourth-order valence-electron chi connectivity index (χ4n) is 2.36. The van der Waals surface area contributed by atoms with Crippen molar-refractivity contribution in [3.8, 4) is 0 Å². The number of likely N-dealkylation sites (tertiary alicyclic amines) is 1. The molecule has 0 unspecified atom stereocenters. The number of allylic oxidation sites excluding steroid dienone is 4. The molecule has 21 heavy (non-hydrogen) atoms. The van der Waals surface area contributed by atoms with Gasteiger partial charge in [-0.1, -0.05) is 13.8 Å². The van der Waals surface area contributed by atoms with E-state index in [1.807, 2.05) is 18.7 Å². The molecule has 2 rings (SSSR count). The molecule has 0 bridgehead atoms. The van der Waals surface area contributed by atoms with Crippen LogP contribution in [0.2, 0.25) is 0 Å². The smallest absolute Gasteiger partial charge is 0.246 e. The van der Waals surface area contributed by atoms with Gasteiger partial charge < -0.3 is 9.64 Å². The molecule has 1 amide bonds. The van der Waals surface area contributed by atoms with Gasteiger partial charge in [0, 0.05) is 51.8 Å². The lowest BCUT2D eigenvalue weighted by molar-refractivity contribution is -0.428.